The molecule has 0 bridgehead atoms. The van der Waals surface area contributed by atoms with E-state index in [0.717, 1.165) is 36.5 Å². The van der Waals surface area contributed by atoms with E-state index < -0.39 is 0 Å². The van der Waals surface area contributed by atoms with E-state index in [4.69, 9.17) is 5.26 Å². The number of nitrogens with zero attached hydrogens (tertiary/aromatic N) is 3. The average Bonchev–Trinajstić information content (AvgIpc) is 2.98. The minimum absolute atomic E-state index is 0.0428. The number of hydrogen-bond acceptors (Lipinski definition) is 4. The molecule has 20 heavy (non-hydrogen) atoms. The highest BCUT2D eigenvalue weighted by Crippen LogP contribution is 2.25. The molecular formula is C15H19N3OS. The van der Waals surface area contributed by atoms with Crippen molar-refractivity contribution in [2.75, 3.05) is 12.3 Å². The van der Waals surface area contributed by atoms with Crippen molar-refractivity contribution in [2.24, 2.45) is 0 Å². The van der Waals surface area contributed by atoms with E-state index >= 15 is 0 Å². The number of pyridine rings is 1. The molecular weight excluding hydrogens is 270 g/mol. The van der Waals surface area contributed by atoms with Gasteiger partial charge in [-0.15, -0.1) is 11.8 Å². The average molecular weight is 289 g/mol. The smallest absolute Gasteiger partial charge is 0.255 e. The van der Waals surface area contributed by atoms with Crippen molar-refractivity contribution >= 4 is 17.7 Å². The van der Waals surface area contributed by atoms with Crippen LogP contribution in [0.15, 0.2) is 23.4 Å². The molecule has 0 radical (unpaired) electrons. The first-order chi connectivity index (χ1) is 9.76. The summed E-state index contributed by atoms with van der Waals surface area (Å²) in [6.45, 7) is 2.23. The van der Waals surface area contributed by atoms with Gasteiger partial charge in [0.05, 0.1) is 11.1 Å². The third kappa shape index (κ3) is 3.51. The largest absolute Gasteiger partial charge is 0.322 e. The van der Waals surface area contributed by atoms with Gasteiger partial charge in [-0.05, 0) is 30.7 Å². The molecule has 4 nitrogen and oxygen atoms in total. The highest BCUT2D eigenvalue weighted by molar-refractivity contribution is 7.99. The second-order valence-electron chi connectivity index (χ2n) is 4.85. The maximum absolute atomic E-state index is 12.6. The summed E-state index contributed by atoms with van der Waals surface area (Å²) >= 11 is 1.62. The topological polar surface area (TPSA) is 57.0 Å². The lowest BCUT2D eigenvalue weighted by Gasteiger charge is -2.26. The zero-order valence-electron chi connectivity index (χ0n) is 11.7. The van der Waals surface area contributed by atoms with Crippen LogP contribution in [0.5, 0.6) is 0 Å². The summed E-state index contributed by atoms with van der Waals surface area (Å²) in [4.78, 5) is 18.6. The van der Waals surface area contributed by atoms with Crippen molar-refractivity contribution in [3.63, 3.8) is 0 Å². The van der Waals surface area contributed by atoms with Crippen LogP contribution in [0.25, 0.3) is 0 Å². The van der Waals surface area contributed by atoms with E-state index in [2.05, 4.69) is 18.0 Å². The van der Waals surface area contributed by atoms with Crippen molar-refractivity contribution in [3.8, 4) is 6.07 Å². The van der Waals surface area contributed by atoms with Crippen molar-refractivity contribution in [1.29, 1.82) is 5.26 Å². The number of carbonyl (C=O) groups excluding carboxylic acids is 1. The Balaban J connectivity index is 2.18. The van der Waals surface area contributed by atoms with Gasteiger partial charge in [0.15, 0.2) is 0 Å². The molecule has 0 atom stereocenters. The lowest BCUT2D eigenvalue weighted by Crippen LogP contribution is -2.39. The SMILES string of the molecule is CCSc1cc(C(=O)N(CC#N)C2CCCC2)ccn1. The van der Waals surface area contributed by atoms with Crippen LogP contribution in [-0.2, 0) is 0 Å². The number of carbonyl (C=O) groups is 1. The molecule has 0 aromatic carbocycles. The van der Waals surface area contributed by atoms with E-state index in [-0.39, 0.29) is 18.5 Å². The molecule has 0 aliphatic heterocycles. The van der Waals surface area contributed by atoms with Gasteiger partial charge in [0, 0.05) is 17.8 Å². The normalized spacial score (nSPS) is 15.0. The Kier molecular flexibility index (Phi) is 5.42. The maximum Gasteiger partial charge on any atom is 0.255 e. The Hall–Kier alpha value is -1.54. The summed E-state index contributed by atoms with van der Waals surface area (Å²) in [5, 5.41) is 9.83. The predicted molar refractivity (Wildman–Crippen MR) is 79.5 cm³/mol. The molecule has 1 amide bonds. The fourth-order valence-corrected chi connectivity index (χ4v) is 3.24. The Morgan fingerprint density at radius 2 is 2.30 bits per heavy atom. The molecule has 1 aliphatic carbocycles. The van der Waals surface area contributed by atoms with Gasteiger partial charge < -0.3 is 4.90 Å². The molecule has 106 valence electrons. The minimum Gasteiger partial charge on any atom is -0.322 e. The van der Waals surface area contributed by atoms with Gasteiger partial charge in [-0.2, -0.15) is 5.26 Å². The third-order valence-corrected chi connectivity index (χ3v) is 4.35. The second-order valence-corrected chi connectivity index (χ2v) is 6.13. The lowest BCUT2D eigenvalue weighted by molar-refractivity contribution is 0.0709. The quantitative estimate of drug-likeness (QED) is 0.617. The zero-order chi connectivity index (χ0) is 14.4. The van der Waals surface area contributed by atoms with E-state index in [1.54, 1.807) is 28.9 Å². The van der Waals surface area contributed by atoms with Gasteiger partial charge in [-0.3, -0.25) is 4.79 Å². The number of amides is 1. The standard InChI is InChI=1S/C15H19N3OS/c1-2-20-14-11-12(7-9-17-14)15(19)18(10-8-16)13-5-3-4-6-13/h7,9,11,13H,2-6,10H2,1H3. The van der Waals surface area contributed by atoms with Crippen LogP contribution in [0.1, 0.15) is 43.0 Å². The molecule has 5 heteroatoms. The fraction of sp³-hybridized carbons (Fsp3) is 0.533. The molecule has 0 saturated heterocycles. The highest BCUT2D eigenvalue weighted by atomic mass is 32.2. The van der Waals surface area contributed by atoms with Crippen LogP contribution in [-0.4, -0.2) is 34.1 Å². The summed E-state index contributed by atoms with van der Waals surface area (Å²) in [6.07, 6.45) is 5.98. The molecule has 1 fully saturated rings. The molecule has 1 saturated carbocycles. The first kappa shape index (κ1) is 14.9. The minimum atomic E-state index is -0.0428. The van der Waals surface area contributed by atoms with Gasteiger partial charge >= 0.3 is 0 Å². The molecule has 1 aromatic heterocycles. The van der Waals surface area contributed by atoms with Crippen molar-refractivity contribution in [1.82, 2.24) is 9.88 Å². The summed E-state index contributed by atoms with van der Waals surface area (Å²) in [5.41, 5.74) is 0.637. The summed E-state index contributed by atoms with van der Waals surface area (Å²) in [6, 6.07) is 5.91. The number of thioether (sulfide) groups is 1. The summed E-state index contributed by atoms with van der Waals surface area (Å²) in [5.74, 6) is 0.883. The van der Waals surface area contributed by atoms with Crippen molar-refractivity contribution < 1.29 is 4.79 Å². The molecule has 1 heterocycles. The number of aromatic nitrogens is 1. The van der Waals surface area contributed by atoms with E-state index in [1.807, 2.05) is 6.07 Å². The summed E-state index contributed by atoms with van der Waals surface area (Å²) < 4.78 is 0. The molecule has 0 unspecified atom stereocenters. The Labute approximate surface area is 124 Å². The number of hydrogen-bond donors (Lipinski definition) is 0. The molecule has 0 N–H and O–H groups in total. The molecule has 0 spiro atoms. The van der Waals surface area contributed by atoms with Gasteiger partial charge in [-0.25, -0.2) is 4.98 Å². The van der Waals surface area contributed by atoms with Crippen LogP contribution in [0, 0.1) is 11.3 Å². The third-order valence-electron chi connectivity index (χ3n) is 3.54. The molecule has 2 rings (SSSR count). The lowest BCUT2D eigenvalue weighted by atomic mass is 10.1. The highest BCUT2D eigenvalue weighted by Gasteiger charge is 2.27. The first-order valence-corrected chi connectivity index (χ1v) is 8.01. The Morgan fingerprint density at radius 1 is 1.55 bits per heavy atom. The first-order valence-electron chi connectivity index (χ1n) is 7.03. The summed E-state index contributed by atoms with van der Waals surface area (Å²) in [7, 11) is 0. The number of rotatable bonds is 5. The van der Waals surface area contributed by atoms with Crippen LogP contribution in [0.3, 0.4) is 0 Å². The van der Waals surface area contributed by atoms with E-state index in [9.17, 15) is 4.79 Å². The van der Waals surface area contributed by atoms with Crippen molar-refractivity contribution in [2.45, 2.75) is 43.7 Å². The van der Waals surface area contributed by atoms with Gasteiger partial charge in [0.25, 0.3) is 5.91 Å². The predicted octanol–water partition coefficient (Wildman–Crippen LogP) is 3.10. The maximum atomic E-state index is 12.6. The molecule has 1 aromatic rings. The van der Waals surface area contributed by atoms with Crippen LogP contribution in [0.2, 0.25) is 0 Å². The monoisotopic (exact) mass is 289 g/mol. The van der Waals surface area contributed by atoms with Crippen LogP contribution >= 0.6 is 11.8 Å². The van der Waals surface area contributed by atoms with Gasteiger partial charge in [0.1, 0.15) is 6.54 Å². The van der Waals surface area contributed by atoms with Gasteiger partial charge in [-0.1, -0.05) is 19.8 Å². The van der Waals surface area contributed by atoms with Crippen LogP contribution < -0.4 is 0 Å². The number of nitriles is 1. The van der Waals surface area contributed by atoms with Gasteiger partial charge in [0.2, 0.25) is 0 Å². The second kappa shape index (κ2) is 7.30. The van der Waals surface area contributed by atoms with Crippen LogP contribution in [0.4, 0.5) is 0 Å². The Bertz CT molecular complexity index is 506. The van der Waals surface area contributed by atoms with E-state index in [1.165, 1.54) is 0 Å². The van der Waals surface area contributed by atoms with Crippen molar-refractivity contribution in [3.05, 3.63) is 23.9 Å². The fourth-order valence-electron chi connectivity index (χ4n) is 2.59. The Morgan fingerprint density at radius 3 is 2.95 bits per heavy atom. The molecule has 1 aliphatic rings. The van der Waals surface area contributed by atoms with E-state index in [0.29, 0.717) is 5.56 Å². The zero-order valence-corrected chi connectivity index (χ0v) is 12.5.